The number of sulfonamides is 1. The second-order valence-corrected chi connectivity index (χ2v) is 6.51. The number of carbonyl (C=O) groups excluding carboxylic acids is 1. The minimum atomic E-state index is -3.86. The van der Waals surface area contributed by atoms with Crippen molar-refractivity contribution in [2.45, 2.75) is 24.8 Å². The fourth-order valence-electron chi connectivity index (χ4n) is 1.75. The normalized spacial score (nSPS) is 11.7. The van der Waals surface area contributed by atoms with Crippen molar-refractivity contribution in [2.75, 3.05) is 26.5 Å². The molecule has 7 nitrogen and oxygen atoms in total. The van der Waals surface area contributed by atoms with Crippen molar-refractivity contribution in [3.05, 3.63) is 18.2 Å². The lowest BCUT2D eigenvalue weighted by Crippen LogP contribution is -2.41. The molecule has 118 valence electrons. The molecule has 0 aliphatic rings. The summed E-state index contributed by atoms with van der Waals surface area (Å²) in [6.45, 7) is 2.99. The van der Waals surface area contributed by atoms with Crippen molar-refractivity contribution >= 4 is 21.7 Å². The summed E-state index contributed by atoms with van der Waals surface area (Å²) in [5.41, 5.74) is 5.94. The smallest absolute Gasteiger partial charge is 0.321 e. The average Bonchev–Trinajstić information content (AvgIpc) is 2.43. The second kappa shape index (κ2) is 6.77. The van der Waals surface area contributed by atoms with E-state index in [0.717, 1.165) is 4.31 Å². The van der Waals surface area contributed by atoms with E-state index < -0.39 is 22.0 Å². The molecule has 2 N–H and O–H groups in total. The molecule has 1 rings (SSSR count). The molecule has 8 heteroatoms. The van der Waals surface area contributed by atoms with Gasteiger partial charge < -0.3 is 15.2 Å². The first-order valence-corrected chi connectivity index (χ1v) is 7.70. The Kier molecular flexibility index (Phi) is 5.56. The zero-order valence-corrected chi connectivity index (χ0v) is 13.3. The molecule has 1 aromatic carbocycles. The van der Waals surface area contributed by atoms with Crippen LogP contribution in [0.3, 0.4) is 0 Å². The second-order valence-electron chi connectivity index (χ2n) is 4.62. The number of anilines is 1. The van der Waals surface area contributed by atoms with E-state index in [1.807, 2.05) is 0 Å². The number of hydrogen-bond donors (Lipinski definition) is 1. The third kappa shape index (κ3) is 3.85. The van der Waals surface area contributed by atoms with E-state index in [1.165, 1.54) is 32.4 Å². The lowest BCUT2D eigenvalue weighted by molar-refractivity contribution is -0.141. The van der Waals surface area contributed by atoms with Crippen LogP contribution in [0.1, 0.15) is 13.8 Å². The summed E-state index contributed by atoms with van der Waals surface area (Å²) in [6.07, 6.45) is 0. The van der Waals surface area contributed by atoms with E-state index in [-0.39, 0.29) is 17.1 Å². The number of carbonyl (C=O) groups is 1. The molecular formula is C13H20N2O5S. The highest BCUT2D eigenvalue weighted by Crippen LogP contribution is 2.27. The SMILES string of the molecule is COC(=O)CN(C(C)C)S(=O)(=O)c1ccc(OC)c(N)c1. The average molecular weight is 316 g/mol. The topological polar surface area (TPSA) is 98.9 Å². The summed E-state index contributed by atoms with van der Waals surface area (Å²) < 4.78 is 35.8. The molecule has 0 atom stereocenters. The molecule has 0 aromatic heterocycles. The van der Waals surface area contributed by atoms with Gasteiger partial charge in [0.2, 0.25) is 10.0 Å². The van der Waals surface area contributed by atoms with Crippen LogP contribution in [-0.4, -0.2) is 45.5 Å². The van der Waals surface area contributed by atoms with Gasteiger partial charge in [-0.2, -0.15) is 4.31 Å². The lowest BCUT2D eigenvalue weighted by Gasteiger charge is -2.25. The predicted molar refractivity (Wildman–Crippen MR) is 78.5 cm³/mol. The Labute approximate surface area is 124 Å². The first-order chi connectivity index (χ1) is 9.73. The maximum Gasteiger partial charge on any atom is 0.321 e. The molecule has 0 saturated heterocycles. The molecular weight excluding hydrogens is 296 g/mol. The fourth-order valence-corrected chi connectivity index (χ4v) is 3.36. The Bertz CT molecular complexity index is 613. The number of rotatable bonds is 6. The Hall–Kier alpha value is -1.80. The number of nitrogens with two attached hydrogens (primary N) is 1. The largest absolute Gasteiger partial charge is 0.495 e. The van der Waals surface area contributed by atoms with Gasteiger partial charge in [0.25, 0.3) is 0 Å². The molecule has 0 radical (unpaired) electrons. The van der Waals surface area contributed by atoms with Gasteiger partial charge in [-0.25, -0.2) is 8.42 Å². The number of nitrogens with zero attached hydrogens (tertiary/aromatic N) is 1. The molecule has 0 spiro atoms. The minimum absolute atomic E-state index is 0.00148. The van der Waals surface area contributed by atoms with Crippen molar-refractivity contribution in [1.29, 1.82) is 0 Å². The van der Waals surface area contributed by atoms with Crippen molar-refractivity contribution in [1.82, 2.24) is 4.31 Å². The van der Waals surface area contributed by atoms with E-state index in [0.29, 0.717) is 5.75 Å². The highest BCUT2D eigenvalue weighted by atomic mass is 32.2. The van der Waals surface area contributed by atoms with Crippen molar-refractivity contribution in [3.63, 3.8) is 0 Å². The summed E-state index contributed by atoms with van der Waals surface area (Å²) in [5.74, 6) is -0.244. The highest BCUT2D eigenvalue weighted by molar-refractivity contribution is 7.89. The maximum atomic E-state index is 12.6. The van der Waals surface area contributed by atoms with Gasteiger partial charge >= 0.3 is 5.97 Å². The first kappa shape index (κ1) is 17.3. The Balaban J connectivity index is 3.23. The number of nitrogen functional groups attached to an aromatic ring is 1. The summed E-state index contributed by atoms with van der Waals surface area (Å²) in [5, 5.41) is 0. The van der Waals surface area contributed by atoms with Gasteiger partial charge in [-0.15, -0.1) is 0 Å². The molecule has 21 heavy (non-hydrogen) atoms. The van der Waals surface area contributed by atoms with Crippen LogP contribution in [0.15, 0.2) is 23.1 Å². The van der Waals surface area contributed by atoms with Crippen molar-refractivity contribution < 1.29 is 22.7 Å². The van der Waals surface area contributed by atoms with Crippen LogP contribution in [-0.2, 0) is 19.6 Å². The molecule has 0 aliphatic carbocycles. The van der Waals surface area contributed by atoms with Crippen LogP contribution in [0.5, 0.6) is 5.75 Å². The van der Waals surface area contributed by atoms with E-state index >= 15 is 0 Å². The molecule has 0 unspecified atom stereocenters. The van der Waals surface area contributed by atoms with Gasteiger partial charge in [0, 0.05) is 6.04 Å². The number of methoxy groups -OCH3 is 2. The molecule has 0 bridgehead atoms. The monoisotopic (exact) mass is 316 g/mol. The van der Waals surface area contributed by atoms with E-state index in [4.69, 9.17) is 10.5 Å². The highest BCUT2D eigenvalue weighted by Gasteiger charge is 2.29. The van der Waals surface area contributed by atoms with Crippen LogP contribution in [0.2, 0.25) is 0 Å². The Morgan fingerprint density at radius 1 is 1.33 bits per heavy atom. The third-order valence-corrected chi connectivity index (χ3v) is 4.91. The van der Waals surface area contributed by atoms with Gasteiger partial charge in [-0.05, 0) is 32.0 Å². The number of esters is 1. The van der Waals surface area contributed by atoms with Gasteiger partial charge in [0.1, 0.15) is 12.3 Å². The quantitative estimate of drug-likeness (QED) is 0.617. The Morgan fingerprint density at radius 2 is 1.95 bits per heavy atom. The van der Waals surface area contributed by atoms with Gasteiger partial charge in [-0.1, -0.05) is 0 Å². The van der Waals surface area contributed by atoms with Crippen LogP contribution in [0.4, 0.5) is 5.69 Å². The minimum Gasteiger partial charge on any atom is -0.495 e. The van der Waals surface area contributed by atoms with Crippen LogP contribution in [0.25, 0.3) is 0 Å². The predicted octanol–water partition coefficient (Wildman–Crippen LogP) is 0.849. The zero-order chi connectivity index (χ0) is 16.2. The zero-order valence-electron chi connectivity index (χ0n) is 12.5. The molecule has 0 amide bonds. The van der Waals surface area contributed by atoms with E-state index in [9.17, 15) is 13.2 Å². The molecule has 0 saturated carbocycles. The third-order valence-electron chi connectivity index (χ3n) is 2.90. The van der Waals surface area contributed by atoms with Crippen molar-refractivity contribution in [2.24, 2.45) is 0 Å². The maximum absolute atomic E-state index is 12.6. The van der Waals surface area contributed by atoms with E-state index in [2.05, 4.69) is 4.74 Å². The molecule has 1 aromatic rings. The number of benzene rings is 1. The van der Waals surface area contributed by atoms with Crippen LogP contribution < -0.4 is 10.5 Å². The summed E-state index contributed by atoms with van der Waals surface area (Å²) in [6, 6.07) is 3.76. The molecule has 0 heterocycles. The summed E-state index contributed by atoms with van der Waals surface area (Å²) in [7, 11) is -1.21. The standard InChI is InChI=1S/C13H20N2O5S/c1-9(2)15(8-13(16)20-4)21(17,18)10-5-6-12(19-3)11(14)7-10/h5-7,9H,8,14H2,1-4H3. The van der Waals surface area contributed by atoms with Gasteiger partial charge in [0.05, 0.1) is 24.8 Å². The summed E-state index contributed by atoms with van der Waals surface area (Å²) in [4.78, 5) is 11.4. The van der Waals surface area contributed by atoms with E-state index in [1.54, 1.807) is 13.8 Å². The van der Waals surface area contributed by atoms with Gasteiger partial charge in [0.15, 0.2) is 0 Å². The Morgan fingerprint density at radius 3 is 2.38 bits per heavy atom. The first-order valence-electron chi connectivity index (χ1n) is 6.26. The molecule has 0 aliphatic heterocycles. The van der Waals surface area contributed by atoms with Crippen molar-refractivity contribution in [3.8, 4) is 5.75 Å². The summed E-state index contributed by atoms with van der Waals surface area (Å²) >= 11 is 0. The van der Waals surface area contributed by atoms with Crippen LogP contribution in [0, 0.1) is 0 Å². The molecule has 0 fully saturated rings. The number of hydrogen-bond acceptors (Lipinski definition) is 6. The van der Waals surface area contributed by atoms with Gasteiger partial charge in [-0.3, -0.25) is 4.79 Å². The number of ether oxygens (including phenoxy) is 2. The fraction of sp³-hybridized carbons (Fsp3) is 0.462. The van der Waals surface area contributed by atoms with Crippen LogP contribution >= 0.6 is 0 Å². The lowest BCUT2D eigenvalue weighted by atomic mass is 10.3.